The Bertz CT molecular complexity index is 393. The van der Waals surface area contributed by atoms with Gasteiger partial charge in [0, 0.05) is 6.42 Å². The zero-order chi connectivity index (χ0) is 10.1. The molecule has 1 saturated carbocycles. The lowest BCUT2D eigenvalue weighted by Crippen LogP contribution is -2.19. The SMILES string of the molecule is CCc1c(N)nc(CC2CC2)[nH]c1=O. The lowest BCUT2D eigenvalue weighted by Gasteiger charge is -2.04. The highest BCUT2D eigenvalue weighted by Crippen LogP contribution is 2.31. The molecule has 0 spiro atoms. The van der Waals surface area contributed by atoms with E-state index in [9.17, 15) is 4.79 Å². The Labute approximate surface area is 82.6 Å². The molecule has 14 heavy (non-hydrogen) atoms. The molecule has 0 unspecified atom stereocenters. The van der Waals surface area contributed by atoms with E-state index < -0.39 is 0 Å². The van der Waals surface area contributed by atoms with Gasteiger partial charge in [-0.2, -0.15) is 0 Å². The van der Waals surface area contributed by atoms with E-state index in [0.717, 1.165) is 12.2 Å². The second-order valence-corrected chi connectivity index (χ2v) is 3.88. The molecule has 1 aliphatic rings. The number of nitrogen functional groups attached to an aromatic ring is 1. The van der Waals surface area contributed by atoms with Gasteiger partial charge in [-0.05, 0) is 25.2 Å². The second kappa shape index (κ2) is 3.44. The molecule has 76 valence electrons. The minimum Gasteiger partial charge on any atom is -0.383 e. The van der Waals surface area contributed by atoms with Crippen LogP contribution in [0.2, 0.25) is 0 Å². The topological polar surface area (TPSA) is 71.8 Å². The van der Waals surface area contributed by atoms with Crippen LogP contribution in [0.1, 0.15) is 31.2 Å². The Morgan fingerprint density at radius 3 is 2.79 bits per heavy atom. The summed E-state index contributed by atoms with van der Waals surface area (Å²) < 4.78 is 0. The van der Waals surface area contributed by atoms with E-state index in [1.165, 1.54) is 12.8 Å². The predicted octanol–water partition coefficient (Wildman–Crippen LogP) is 0.867. The van der Waals surface area contributed by atoms with Crippen molar-refractivity contribution >= 4 is 5.82 Å². The first-order valence-corrected chi connectivity index (χ1v) is 5.08. The Kier molecular flexibility index (Phi) is 2.27. The van der Waals surface area contributed by atoms with Gasteiger partial charge in [0.15, 0.2) is 0 Å². The highest BCUT2D eigenvalue weighted by atomic mass is 16.1. The van der Waals surface area contributed by atoms with Crippen molar-refractivity contribution in [3.05, 3.63) is 21.7 Å². The van der Waals surface area contributed by atoms with Crippen molar-refractivity contribution in [3.8, 4) is 0 Å². The summed E-state index contributed by atoms with van der Waals surface area (Å²) in [7, 11) is 0. The van der Waals surface area contributed by atoms with Gasteiger partial charge < -0.3 is 10.7 Å². The average Bonchev–Trinajstić information content (AvgIpc) is 2.87. The Morgan fingerprint density at radius 1 is 1.57 bits per heavy atom. The Hall–Kier alpha value is -1.32. The molecule has 2 rings (SSSR count). The third-order valence-electron chi connectivity index (χ3n) is 2.63. The van der Waals surface area contributed by atoms with E-state index in [-0.39, 0.29) is 5.56 Å². The molecule has 1 aliphatic carbocycles. The van der Waals surface area contributed by atoms with Crippen LogP contribution in [0.3, 0.4) is 0 Å². The van der Waals surface area contributed by atoms with Gasteiger partial charge in [-0.15, -0.1) is 0 Å². The van der Waals surface area contributed by atoms with E-state index in [2.05, 4.69) is 9.97 Å². The van der Waals surface area contributed by atoms with Crippen molar-refractivity contribution in [3.63, 3.8) is 0 Å². The van der Waals surface area contributed by atoms with Gasteiger partial charge in [0.2, 0.25) is 0 Å². The minimum absolute atomic E-state index is 0.0735. The number of hydrogen-bond donors (Lipinski definition) is 2. The van der Waals surface area contributed by atoms with Gasteiger partial charge >= 0.3 is 0 Å². The summed E-state index contributed by atoms with van der Waals surface area (Å²) >= 11 is 0. The third-order valence-corrected chi connectivity index (χ3v) is 2.63. The molecule has 1 aromatic rings. The first-order valence-electron chi connectivity index (χ1n) is 5.08. The molecule has 3 N–H and O–H groups in total. The van der Waals surface area contributed by atoms with E-state index in [0.29, 0.717) is 23.7 Å². The predicted molar refractivity (Wildman–Crippen MR) is 55.1 cm³/mol. The van der Waals surface area contributed by atoms with Gasteiger partial charge in [-0.3, -0.25) is 4.79 Å². The van der Waals surface area contributed by atoms with Crippen molar-refractivity contribution in [1.82, 2.24) is 9.97 Å². The van der Waals surface area contributed by atoms with Crippen LogP contribution in [-0.2, 0) is 12.8 Å². The van der Waals surface area contributed by atoms with Crippen molar-refractivity contribution in [2.45, 2.75) is 32.6 Å². The number of nitrogens with two attached hydrogens (primary N) is 1. The Balaban J connectivity index is 2.30. The van der Waals surface area contributed by atoms with Gasteiger partial charge in [0.25, 0.3) is 5.56 Å². The van der Waals surface area contributed by atoms with Gasteiger partial charge in [0.1, 0.15) is 11.6 Å². The largest absolute Gasteiger partial charge is 0.383 e. The molecular weight excluding hydrogens is 178 g/mol. The van der Waals surface area contributed by atoms with Crippen LogP contribution in [0.5, 0.6) is 0 Å². The molecule has 4 nitrogen and oxygen atoms in total. The average molecular weight is 193 g/mol. The second-order valence-electron chi connectivity index (χ2n) is 3.88. The van der Waals surface area contributed by atoms with Crippen LogP contribution in [-0.4, -0.2) is 9.97 Å². The first kappa shape index (κ1) is 9.24. The van der Waals surface area contributed by atoms with Crippen LogP contribution in [0, 0.1) is 5.92 Å². The number of aromatic nitrogens is 2. The zero-order valence-electron chi connectivity index (χ0n) is 8.34. The standard InChI is InChI=1S/C10H15N3O/c1-2-7-9(11)12-8(13-10(7)14)5-6-3-4-6/h6H,2-5H2,1H3,(H3,11,12,13,14). The van der Waals surface area contributed by atoms with Crippen molar-refractivity contribution in [1.29, 1.82) is 0 Å². The maximum Gasteiger partial charge on any atom is 0.256 e. The summed E-state index contributed by atoms with van der Waals surface area (Å²) in [6, 6.07) is 0. The number of H-pyrrole nitrogens is 1. The minimum atomic E-state index is -0.0735. The fourth-order valence-corrected chi connectivity index (χ4v) is 1.60. The number of hydrogen-bond acceptors (Lipinski definition) is 3. The summed E-state index contributed by atoms with van der Waals surface area (Å²) in [4.78, 5) is 18.5. The number of anilines is 1. The normalized spacial score (nSPS) is 15.8. The third kappa shape index (κ3) is 1.78. The zero-order valence-corrected chi connectivity index (χ0v) is 8.34. The summed E-state index contributed by atoms with van der Waals surface area (Å²) in [5.74, 6) is 1.85. The summed E-state index contributed by atoms with van der Waals surface area (Å²) in [6.45, 7) is 1.91. The van der Waals surface area contributed by atoms with E-state index >= 15 is 0 Å². The highest BCUT2D eigenvalue weighted by molar-refractivity contribution is 5.37. The van der Waals surface area contributed by atoms with Crippen LogP contribution < -0.4 is 11.3 Å². The molecule has 0 bridgehead atoms. The van der Waals surface area contributed by atoms with E-state index in [4.69, 9.17) is 5.73 Å². The molecule has 0 atom stereocenters. The number of nitrogens with zero attached hydrogens (tertiary/aromatic N) is 1. The molecule has 1 aromatic heterocycles. The maximum absolute atomic E-state index is 11.5. The molecule has 0 saturated heterocycles. The van der Waals surface area contributed by atoms with E-state index in [1.807, 2.05) is 6.92 Å². The number of rotatable bonds is 3. The molecule has 0 radical (unpaired) electrons. The molecule has 1 fully saturated rings. The quantitative estimate of drug-likeness (QED) is 0.748. The fourth-order valence-electron chi connectivity index (χ4n) is 1.60. The lowest BCUT2D eigenvalue weighted by molar-refractivity contribution is 0.760. The molecular formula is C10H15N3O. The molecule has 0 amide bonds. The van der Waals surface area contributed by atoms with Crippen LogP contribution >= 0.6 is 0 Å². The summed E-state index contributed by atoms with van der Waals surface area (Å²) in [5.41, 5.74) is 6.23. The van der Waals surface area contributed by atoms with Crippen molar-refractivity contribution in [2.24, 2.45) is 5.92 Å². The smallest absolute Gasteiger partial charge is 0.256 e. The molecule has 0 aromatic carbocycles. The first-order chi connectivity index (χ1) is 6.70. The summed E-state index contributed by atoms with van der Waals surface area (Å²) in [6.07, 6.45) is 4.00. The van der Waals surface area contributed by atoms with Gasteiger partial charge in [-0.1, -0.05) is 6.92 Å². The number of aromatic amines is 1. The number of nitrogens with one attached hydrogen (secondary N) is 1. The van der Waals surface area contributed by atoms with Crippen LogP contribution in [0.15, 0.2) is 4.79 Å². The maximum atomic E-state index is 11.5. The van der Waals surface area contributed by atoms with Crippen LogP contribution in [0.4, 0.5) is 5.82 Å². The Morgan fingerprint density at radius 2 is 2.29 bits per heavy atom. The van der Waals surface area contributed by atoms with Gasteiger partial charge in [0.05, 0.1) is 5.56 Å². The molecule has 4 heteroatoms. The van der Waals surface area contributed by atoms with Crippen LogP contribution in [0.25, 0.3) is 0 Å². The molecule has 1 heterocycles. The fraction of sp³-hybridized carbons (Fsp3) is 0.600. The van der Waals surface area contributed by atoms with E-state index in [1.54, 1.807) is 0 Å². The monoisotopic (exact) mass is 193 g/mol. The molecule has 0 aliphatic heterocycles. The van der Waals surface area contributed by atoms with Crippen molar-refractivity contribution in [2.75, 3.05) is 5.73 Å². The van der Waals surface area contributed by atoms with Gasteiger partial charge in [-0.25, -0.2) is 4.98 Å². The summed E-state index contributed by atoms with van der Waals surface area (Å²) in [5, 5.41) is 0. The van der Waals surface area contributed by atoms with Crippen molar-refractivity contribution < 1.29 is 0 Å². The highest BCUT2D eigenvalue weighted by Gasteiger charge is 2.23. The lowest BCUT2D eigenvalue weighted by atomic mass is 10.2.